The number of rotatable bonds is 4. The van der Waals surface area contributed by atoms with Crippen molar-refractivity contribution in [2.24, 2.45) is 0 Å². The maximum Gasteiger partial charge on any atom is 0.235 e. The Hall–Kier alpha value is -8.54. The van der Waals surface area contributed by atoms with Gasteiger partial charge in [-0.2, -0.15) is 0 Å². The van der Waals surface area contributed by atoms with Crippen LogP contribution in [0.15, 0.2) is 211 Å². The molecule has 10 aromatic carbocycles. The summed E-state index contributed by atoms with van der Waals surface area (Å²) in [6, 6.07) is 73.7. The molecule has 0 saturated carbocycles. The molecule has 14 aromatic rings. The standard InChI is InChI=1S/C58H34N4O/c1-2-16-40(17-3-1)61-49-23-11-9-19-42(49)45-31-38(26-28-50(45)61)39-27-29-51-46(32-39)55-41-18-7-6-13-35(41)25-30-52(55)62(51)58-59-48-22-10-8-20-43(48)57(60-58)44-21-12-24-53-56(44)47-33-36-14-4-5-15-37(36)34-54(47)63-53/h1-34H. The molecule has 14 rings (SSSR count). The lowest BCUT2D eigenvalue weighted by Crippen LogP contribution is -2.03. The van der Waals surface area contributed by atoms with Crippen molar-refractivity contribution in [1.82, 2.24) is 19.1 Å². The molecule has 0 spiro atoms. The topological polar surface area (TPSA) is 48.8 Å². The Morgan fingerprint density at radius 1 is 0.349 bits per heavy atom. The normalized spacial score (nSPS) is 12.1. The van der Waals surface area contributed by atoms with Gasteiger partial charge in [0.15, 0.2) is 0 Å². The van der Waals surface area contributed by atoms with Crippen LogP contribution in [0.3, 0.4) is 0 Å². The number of hydrogen-bond acceptors (Lipinski definition) is 3. The molecule has 0 atom stereocenters. The van der Waals surface area contributed by atoms with Crippen molar-refractivity contribution in [2.45, 2.75) is 0 Å². The van der Waals surface area contributed by atoms with Crippen molar-refractivity contribution >= 4 is 98.0 Å². The van der Waals surface area contributed by atoms with Crippen LogP contribution in [0, 0.1) is 0 Å². The first-order valence-electron chi connectivity index (χ1n) is 21.4. The van der Waals surface area contributed by atoms with Gasteiger partial charge in [-0.3, -0.25) is 4.57 Å². The first-order valence-corrected chi connectivity index (χ1v) is 21.4. The summed E-state index contributed by atoms with van der Waals surface area (Å²) in [5, 5.41) is 12.6. The highest BCUT2D eigenvalue weighted by atomic mass is 16.3. The van der Waals surface area contributed by atoms with Gasteiger partial charge in [0.05, 0.1) is 33.3 Å². The zero-order valence-electron chi connectivity index (χ0n) is 33.8. The Labute approximate surface area is 360 Å². The maximum atomic E-state index is 6.56. The summed E-state index contributed by atoms with van der Waals surface area (Å²) in [4.78, 5) is 10.9. The van der Waals surface area contributed by atoms with E-state index < -0.39 is 0 Å². The third-order valence-electron chi connectivity index (χ3n) is 13.1. The molecular formula is C58H34N4O. The smallest absolute Gasteiger partial charge is 0.235 e. The van der Waals surface area contributed by atoms with Crippen molar-refractivity contribution in [3.63, 3.8) is 0 Å². The molecule has 63 heavy (non-hydrogen) atoms. The molecule has 0 bridgehead atoms. The fourth-order valence-electron chi connectivity index (χ4n) is 10.3. The molecule has 292 valence electrons. The van der Waals surface area contributed by atoms with E-state index in [4.69, 9.17) is 14.4 Å². The van der Waals surface area contributed by atoms with Gasteiger partial charge in [-0.15, -0.1) is 0 Å². The highest BCUT2D eigenvalue weighted by Crippen LogP contribution is 2.43. The highest BCUT2D eigenvalue weighted by molar-refractivity contribution is 6.22. The molecule has 4 heterocycles. The lowest BCUT2D eigenvalue weighted by atomic mass is 9.99. The van der Waals surface area contributed by atoms with E-state index in [0.717, 1.165) is 77.2 Å². The molecule has 0 aliphatic carbocycles. The molecule has 0 N–H and O–H groups in total. The van der Waals surface area contributed by atoms with Crippen LogP contribution in [-0.2, 0) is 0 Å². The zero-order valence-corrected chi connectivity index (χ0v) is 33.8. The van der Waals surface area contributed by atoms with E-state index in [1.165, 1.54) is 48.9 Å². The summed E-state index contributed by atoms with van der Waals surface area (Å²) >= 11 is 0. The van der Waals surface area contributed by atoms with Gasteiger partial charge in [0.25, 0.3) is 0 Å². The maximum absolute atomic E-state index is 6.56. The van der Waals surface area contributed by atoms with E-state index in [0.29, 0.717) is 5.95 Å². The van der Waals surface area contributed by atoms with Crippen molar-refractivity contribution in [1.29, 1.82) is 0 Å². The van der Waals surface area contributed by atoms with Crippen LogP contribution in [0.5, 0.6) is 0 Å². The first-order chi connectivity index (χ1) is 31.2. The summed E-state index contributed by atoms with van der Waals surface area (Å²) < 4.78 is 11.2. The lowest BCUT2D eigenvalue weighted by Gasteiger charge is -2.13. The quantitative estimate of drug-likeness (QED) is 0.178. The number of fused-ring (bicyclic) bond motifs is 13. The number of furan rings is 1. The van der Waals surface area contributed by atoms with Crippen molar-refractivity contribution < 1.29 is 4.42 Å². The molecule has 0 saturated heterocycles. The monoisotopic (exact) mass is 802 g/mol. The number of para-hydroxylation sites is 3. The highest BCUT2D eigenvalue weighted by Gasteiger charge is 2.22. The SMILES string of the molecule is c1ccc(-n2c3ccccc3c3cc(-c4ccc5c(c4)c4c6ccccc6ccc4n5-c4nc(-c5cccc6oc7cc8ccccc8cc7c56)c5ccccc5n4)ccc32)cc1. The summed E-state index contributed by atoms with van der Waals surface area (Å²) in [6.07, 6.45) is 0. The predicted molar refractivity (Wildman–Crippen MR) is 261 cm³/mol. The molecule has 5 heteroatoms. The summed E-state index contributed by atoms with van der Waals surface area (Å²) in [6.45, 7) is 0. The molecular weight excluding hydrogens is 769 g/mol. The van der Waals surface area contributed by atoms with Crippen LogP contribution in [0.4, 0.5) is 0 Å². The van der Waals surface area contributed by atoms with E-state index in [1.807, 2.05) is 0 Å². The van der Waals surface area contributed by atoms with Gasteiger partial charge in [-0.1, -0.05) is 133 Å². The number of nitrogens with zero attached hydrogens (tertiary/aromatic N) is 4. The lowest BCUT2D eigenvalue weighted by molar-refractivity contribution is 0.669. The van der Waals surface area contributed by atoms with E-state index in [1.54, 1.807) is 0 Å². The second kappa shape index (κ2) is 13.0. The minimum atomic E-state index is 0.622. The van der Waals surface area contributed by atoms with E-state index in [-0.39, 0.29) is 0 Å². The summed E-state index contributed by atoms with van der Waals surface area (Å²) in [5.74, 6) is 0.622. The summed E-state index contributed by atoms with van der Waals surface area (Å²) in [7, 11) is 0. The first kappa shape index (κ1) is 34.2. The minimum Gasteiger partial charge on any atom is -0.456 e. The predicted octanol–water partition coefficient (Wildman–Crippen LogP) is 15.4. The fourth-order valence-corrected chi connectivity index (χ4v) is 10.3. The van der Waals surface area contributed by atoms with Crippen molar-refractivity contribution in [2.75, 3.05) is 0 Å². The van der Waals surface area contributed by atoms with Gasteiger partial charge in [0.1, 0.15) is 11.2 Å². The van der Waals surface area contributed by atoms with Gasteiger partial charge in [0.2, 0.25) is 5.95 Å². The Kier molecular flexibility index (Phi) is 7.05. The molecule has 0 fully saturated rings. The molecule has 0 aliphatic rings. The Balaban J connectivity index is 1.02. The van der Waals surface area contributed by atoms with Crippen molar-refractivity contribution in [3.05, 3.63) is 206 Å². The summed E-state index contributed by atoms with van der Waals surface area (Å²) in [5.41, 5.74) is 12.4. The van der Waals surface area contributed by atoms with Crippen molar-refractivity contribution in [3.8, 4) is 34.0 Å². The third-order valence-corrected chi connectivity index (χ3v) is 13.1. The van der Waals surface area contributed by atoms with Crippen LogP contribution in [-0.4, -0.2) is 19.1 Å². The average Bonchev–Trinajstić information content (AvgIpc) is 4.00. The van der Waals surface area contributed by atoms with Crippen LogP contribution in [0.2, 0.25) is 0 Å². The average molecular weight is 803 g/mol. The number of benzene rings is 10. The molecule has 5 nitrogen and oxygen atoms in total. The largest absolute Gasteiger partial charge is 0.456 e. The van der Waals surface area contributed by atoms with Crippen LogP contribution >= 0.6 is 0 Å². The fraction of sp³-hybridized carbons (Fsp3) is 0. The molecule has 4 aromatic heterocycles. The van der Waals surface area contributed by atoms with Gasteiger partial charge in [-0.25, -0.2) is 9.97 Å². The van der Waals surface area contributed by atoms with Crippen LogP contribution in [0.25, 0.3) is 132 Å². The Morgan fingerprint density at radius 2 is 1.00 bits per heavy atom. The molecule has 0 amide bonds. The van der Waals surface area contributed by atoms with Crippen LogP contribution < -0.4 is 0 Å². The Bertz CT molecular complexity index is 4210. The van der Waals surface area contributed by atoms with Gasteiger partial charge in [-0.05, 0) is 105 Å². The molecule has 0 radical (unpaired) electrons. The number of hydrogen-bond donors (Lipinski definition) is 0. The van der Waals surface area contributed by atoms with Gasteiger partial charge < -0.3 is 8.98 Å². The third kappa shape index (κ3) is 4.99. The second-order valence-electron chi connectivity index (χ2n) is 16.5. The van der Waals surface area contributed by atoms with E-state index in [2.05, 4.69) is 215 Å². The zero-order chi connectivity index (χ0) is 41.2. The van der Waals surface area contributed by atoms with E-state index in [9.17, 15) is 0 Å². The van der Waals surface area contributed by atoms with Gasteiger partial charge >= 0.3 is 0 Å². The van der Waals surface area contributed by atoms with Gasteiger partial charge in [0, 0.05) is 49.0 Å². The Morgan fingerprint density at radius 3 is 1.84 bits per heavy atom. The second-order valence-corrected chi connectivity index (χ2v) is 16.5. The van der Waals surface area contributed by atoms with E-state index >= 15 is 0 Å². The van der Waals surface area contributed by atoms with Crippen LogP contribution in [0.1, 0.15) is 0 Å². The number of aromatic nitrogens is 4. The molecule has 0 aliphatic heterocycles. The minimum absolute atomic E-state index is 0.622. The molecule has 0 unspecified atom stereocenters.